The van der Waals surface area contributed by atoms with Crippen LogP contribution in [0, 0.1) is 0 Å². The van der Waals surface area contributed by atoms with Gasteiger partial charge in [-0.2, -0.15) is 13.2 Å². The van der Waals surface area contributed by atoms with Crippen LogP contribution in [0.25, 0.3) is 11.4 Å². The zero-order valence-corrected chi connectivity index (χ0v) is 20.0. The molecule has 0 aliphatic carbocycles. The standard InChI is InChI=1S/C25H24ClF3N4O2/c1-32(2)7-4-8-35-19-13-30-24(31-14-19)17-6-3-5-16(9-17)15-33-22-12-20(25(27,28)29)21(26)10-18(22)11-23(33)34/h3,5-6,9-10,12-14H,4,7-8,11,15H2,1-2H3. The van der Waals surface area contributed by atoms with Crippen molar-refractivity contribution in [3.05, 3.63) is 70.5 Å². The van der Waals surface area contributed by atoms with Crippen molar-refractivity contribution in [1.29, 1.82) is 0 Å². The van der Waals surface area contributed by atoms with E-state index < -0.39 is 16.8 Å². The van der Waals surface area contributed by atoms with Crippen LogP contribution in [0.3, 0.4) is 0 Å². The van der Waals surface area contributed by atoms with Gasteiger partial charge in [0.1, 0.15) is 0 Å². The van der Waals surface area contributed by atoms with Crippen LogP contribution in [0.15, 0.2) is 48.8 Å². The van der Waals surface area contributed by atoms with Gasteiger partial charge in [-0.25, -0.2) is 9.97 Å². The lowest BCUT2D eigenvalue weighted by Gasteiger charge is -2.20. The molecule has 0 saturated carbocycles. The Morgan fingerprint density at radius 2 is 1.89 bits per heavy atom. The molecule has 1 aliphatic rings. The molecule has 35 heavy (non-hydrogen) atoms. The fourth-order valence-electron chi connectivity index (χ4n) is 3.88. The minimum Gasteiger partial charge on any atom is -0.490 e. The summed E-state index contributed by atoms with van der Waals surface area (Å²) in [5, 5.41) is -0.407. The summed E-state index contributed by atoms with van der Waals surface area (Å²) >= 11 is 5.82. The van der Waals surface area contributed by atoms with Crippen molar-refractivity contribution in [1.82, 2.24) is 14.9 Å². The number of fused-ring (bicyclic) bond motifs is 1. The van der Waals surface area contributed by atoms with Gasteiger partial charge in [0.05, 0.1) is 42.6 Å². The maximum absolute atomic E-state index is 13.3. The monoisotopic (exact) mass is 504 g/mol. The number of rotatable bonds is 8. The molecule has 2 aromatic carbocycles. The highest BCUT2D eigenvalue weighted by atomic mass is 35.5. The second kappa shape index (κ2) is 10.2. The number of carbonyl (C=O) groups is 1. The van der Waals surface area contributed by atoms with E-state index in [1.54, 1.807) is 24.5 Å². The topological polar surface area (TPSA) is 58.6 Å². The lowest BCUT2D eigenvalue weighted by atomic mass is 10.1. The van der Waals surface area contributed by atoms with E-state index >= 15 is 0 Å². The van der Waals surface area contributed by atoms with Gasteiger partial charge in [0, 0.05) is 17.8 Å². The summed E-state index contributed by atoms with van der Waals surface area (Å²) in [6.45, 7) is 1.59. The second-order valence-corrected chi connectivity index (χ2v) is 8.97. The van der Waals surface area contributed by atoms with Gasteiger partial charge in [-0.05, 0) is 49.8 Å². The molecule has 10 heteroatoms. The largest absolute Gasteiger partial charge is 0.490 e. The summed E-state index contributed by atoms with van der Waals surface area (Å²) < 4.78 is 45.7. The van der Waals surface area contributed by atoms with E-state index in [1.165, 1.54) is 11.0 Å². The maximum Gasteiger partial charge on any atom is 0.417 e. The molecule has 1 aliphatic heterocycles. The number of alkyl halides is 3. The molecule has 0 radical (unpaired) electrons. The third-order valence-electron chi connectivity index (χ3n) is 5.58. The lowest BCUT2D eigenvalue weighted by Crippen LogP contribution is -2.26. The van der Waals surface area contributed by atoms with Crippen molar-refractivity contribution in [2.75, 3.05) is 32.1 Å². The predicted octanol–water partition coefficient (Wildman–Crippen LogP) is 5.24. The summed E-state index contributed by atoms with van der Waals surface area (Å²) in [5.41, 5.74) is 1.21. The molecule has 0 unspecified atom stereocenters. The second-order valence-electron chi connectivity index (χ2n) is 8.56. The Morgan fingerprint density at radius 3 is 2.57 bits per heavy atom. The molecule has 2 heterocycles. The van der Waals surface area contributed by atoms with Crippen molar-refractivity contribution < 1.29 is 22.7 Å². The van der Waals surface area contributed by atoms with Crippen molar-refractivity contribution in [2.45, 2.75) is 25.6 Å². The Kier molecular flexibility index (Phi) is 7.28. The van der Waals surface area contributed by atoms with Crippen LogP contribution in [0.1, 0.15) is 23.1 Å². The molecule has 0 saturated heterocycles. The first-order valence-electron chi connectivity index (χ1n) is 11.0. The van der Waals surface area contributed by atoms with Gasteiger partial charge in [0.15, 0.2) is 11.6 Å². The highest BCUT2D eigenvalue weighted by Crippen LogP contribution is 2.41. The number of hydrogen-bond acceptors (Lipinski definition) is 5. The molecule has 4 rings (SSSR count). The van der Waals surface area contributed by atoms with Crippen LogP contribution in [-0.4, -0.2) is 48.0 Å². The predicted molar refractivity (Wildman–Crippen MR) is 127 cm³/mol. The van der Waals surface area contributed by atoms with Crippen LogP contribution in [0.5, 0.6) is 5.75 Å². The van der Waals surface area contributed by atoms with E-state index in [-0.39, 0.29) is 24.6 Å². The van der Waals surface area contributed by atoms with Crippen LogP contribution in [-0.2, 0) is 23.9 Å². The Balaban J connectivity index is 1.49. The van der Waals surface area contributed by atoms with Crippen LogP contribution in [0.2, 0.25) is 5.02 Å². The average Bonchev–Trinajstić information content (AvgIpc) is 3.09. The first-order valence-corrected chi connectivity index (χ1v) is 11.4. The summed E-state index contributed by atoms with van der Waals surface area (Å²) in [6, 6.07) is 9.43. The number of carbonyl (C=O) groups excluding carboxylic acids is 1. The highest BCUT2D eigenvalue weighted by molar-refractivity contribution is 6.31. The van der Waals surface area contributed by atoms with E-state index in [9.17, 15) is 18.0 Å². The Bertz CT molecular complexity index is 1220. The molecule has 184 valence electrons. The lowest BCUT2D eigenvalue weighted by molar-refractivity contribution is -0.137. The number of anilines is 1. The SMILES string of the molecule is CN(C)CCCOc1cnc(-c2cccc(CN3C(=O)Cc4cc(Cl)c(C(F)(F)F)cc43)c2)nc1. The number of nitrogens with zero attached hydrogens (tertiary/aromatic N) is 4. The third-order valence-corrected chi connectivity index (χ3v) is 5.89. The number of hydrogen-bond donors (Lipinski definition) is 0. The van der Waals surface area contributed by atoms with Gasteiger partial charge in [-0.3, -0.25) is 4.79 Å². The highest BCUT2D eigenvalue weighted by Gasteiger charge is 2.37. The van der Waals surface area contributed by atoms with Crippen molar-refractivity contribution >= 4 is 23.2 Å². The van der Waals surface area contributed by atoms with Gasteiger partial charge < -0.3 is 14.5 Å². The molecule has 6 nitrogen and oxygen atoms in total. The first kappa shape index (κ1) is 24.9. The normalized spacial score (nSPS) is 13.5. The molecule has 0 bridgehead atoms. The zero-order chi connectivity index (χ0) is 25.2. The van der Waals surface area contributed by atoms with Gasteiger partial charge in [0.25, 0.3) is 0 Å². The molecule has 0 spiro atoms. The van der Waals surface area contributed by atoms with E-state index in [1.807, 2.05) is 26.2 Å². The van der Waals surface area contributed by atoms with E-state index in [2.05, 4.69) is 14.9 Å². The molecule has 0 atom stereocenters. The van der Waals surface area contributed by atoms with Gasteiger partial charge >= 0.3 is 6.18 Å². The maximum atomic E-state index is 13.3. The molecular formula is C25H24ClF3N4O2. The van der Waals surface area contributed by atoms with Crippen LogP contribution in [0.4, 0.5) is 18.9 Å². The molecule has 0 fully saturated rings. The van der Waals surface area contributed by atoms with Crippen molar-refractivity contribution in [2.24, 2.45) is 0 Å². The summed E-state index contributed by atoms with van der Waals surface area (Å²) in [5.74, 6) is 0.765. The number of halogens is 4. The van der Waals surface area contributed by atoms with Gasteiger partial charge in [0.2, 0.25) is 5.91 Å². The van der Waals surface area contributed by atoms with Crippen molar-refractivity contribution in [3.8, 4) is 17.1 Å². The van der Waals surface area contributed by atoms with E-state index in [0.717, 1.165) is 30.2 Å². The smallest absolute Gasteiger partial charge is 0.417 e. The summed E-state index contributed by atoms with van der Waals surface area (Å²) in [7, 11) is 4.00. The zero-order valence-electron chi connectivity index (χ0n) is 19.3. The first-order chi connectivity index (χ1) is 16.6. The average molecular weight is 505 g/mol. The van der Waals surface area contributed by atoms with Gasteiger partial charge in [-0.15, -0.1) is 0 Å². The Labute approximate surface area is 206 Å². The fourth-order valence-corrected chi connectivity index (χ4v) is 4.17. The summed E-state index contributed by atoms with van der Waals surface area (Å²) in [6.07, 6.45) is -0.513. The molecule has 0 N–H and O–H groups in total. The van der Waals surface area contributed by atoms with Crippen molar-refractivity contribution in [3.63, 3.8) is 0 Å². The van der Waals surface area contributed by atoms with E-state index in [4.69, 9.17) is 16.3 Å². The third kappa shape index (κ3) is 5.91. The molecular weight excluding hydrogens is 481 g/mol. The molecule has 1 amide bonds. The molecule has 1 aromatic heterocycles. The van der Waals surface area contributed by atoms with Crippen LogP contribution < -0.4 is 9.64 Å². The Morgan fingerprint density at radius 1 is 1.14 bits per heavy atom. The minimum atomic E-state index is -4.61. The number of benzene rings is 2. The number of aromatic nitrogens is 2. The van der Waals surface area contributed by atoms with Crippen LogP contribution >= 0.6 is 11.6 Å². The van der Waals surface area contributed by atoms with E-state index in [0.29, 0.717) is 23.7 Å². The quantitative estimate of drug-likeness (QED) is 0.393. The fraction of sp³-hybridized carbons (Fsp3) is 0.320. The van der Waals surface area contributed by atoms with Gasteiger partial charge in [-0.1, -0.05) is 29.8 Å². The summed E-state index contributed by atoms with van der Waals surface area (Å²) in [4.78, 5) is 24.8. The molecule has 3 aromatic rings. The minimum absolute atomic E-state index is 0.00595. The number of amides is 1. The Hall–Kier alpha value is -3.17. The number of ether oxygens (including phenoxy) is 1.